The molecular weight excluding hydrogens is 464 g/mol. The summed E-state index contributed by atoms with van der Waals surface area (Å²) in [6.45, 7) is 1.12. The lowest BCUT2D eigenvalue weighted by Gasteiger charge is -2.18. The monoisotopic (exact) mass is 488 g/mol. The van der Waals surface area contributed by atoms with Gasteiger partial charge in [-0.05, 0) is 53.9 Å². The first-order valence-corrected chi connectivity index (χ1v) is 12.1. The number of ether oxygens (including phenoxy) is 3. The lowest BCUT2D eigenvalue weighted by Crippen LogP contribution is -2.30. The molecule has 3 aromatic rings. The van der Waals surface area contributed by atoms with E-state index in [0.717, 1.165) is 21.8 Å². The molecule has 4 rings (SSSR count). The van der Waals surface area contributed by atoms with Gasteiger partial charge in [-0.1, -0.05) is 30.3 Å². The number of nitrogens with zero attached hydrogens (tertiary/aromatic N) is 1. The summed E-state index contributed by atoms with van der Waals surface area (Å²) in [5.41, 5.74) is 3.07. The molecule has 178 valence electrons. The average molecular weight is 489 g/mol. The lowest BCUT2D eigenvalue weighted by molar-refractivity contribution is -0.124. The fourth-order valence-corrected chi connectivity index (χ4v) is 4.44. The summed E-state index contributed by atoms with van der Waals surface area (Å²) in [5, 5.41) is 11.7. The Labute approximate surface area is 208 Å². The quantitative estimate of drug-likeness (QED) is 0.357. The molecule has 1 aliphatic heterocycles. The van der Waals surface area contributed by atoms with E-state index in [-0.39, 0.29) is 12.5 Å². The third-order valence-electron chi connectivity index (χ3n) is 5.26. The zero-order valence-electron chi connectivity index (χ0n) is 19.0. The van der Waals surface area contributed by atoms with Crippen molar-refractivity contribution in [2.24, 2.45) is 0 Å². The van der Waals surface area contributed by atoms with E-state index >= 15 is 0 Å². The number of benzene rings is 3. The Morgan fingerprint density at radius 2 is 1.71 bits per heavy atom. The summed E-state index contributed by atoms with van der Waals surface area (Å²) < 4.78 is 16.3. The van der Waals surface area contributed by atoms with Crippen molar-refractivity contribution in [2.45, 2.75) is 17.1 Å². The molecule has 1 aliphatic rings. The summed E-state index contributed by atoms with van der Waals surface area (Å²) in [5.74, 6) is 1.17. The molecule has 0 aromatic heterocycles. The highest BCUT2D eigenvalue weighted by atomic mass is 32.2. The van der Waals surface area contributed by atoms with Crippen molar-refractivity contribution < 1.29 is 23.8 Å². The second-order valence-corrected chi connectivity index (χ2v) is 8.76. The largest absolute Gasteiger partial charge is 0.486 e. The van der Waals surface area contributed by atoms with Crippen LogP contribution < -0.4 is 14.8 Å². The van der Waals surface area contributed by atoms with Gasteiger partial charge in [0.15, 0.2) is 18.1 Å². The maximum Gasteiger partial charge on any atom is 0.339 e. The molecular formula is C27H24N2O5S. The van der Waals surface area contributed by atoms with Gasteiger partial charge in [-0.15, -0.1) is 11.8 Å². The molecule has 3 aromatic carbocycles. The summed E-state index contributed by atoms with van der Waals surface area (Å²) in [4.78, 5) is 25.6. The van der Waals surface area contributed by atoms with Crippen LogP contribution in [-0.4, -0.2) is 38.2 Å². The van der Waals surface area contributed by atoms with Crippen LogP contribution in [0.25, 0.3) is 0 Å². The van der Waals surface area contributed by atoms with Gasteiger partial charge in [-0.25, -0.2) is 4.79 Å². The van der Waals surface area contributed by atoms with E-state index in [0.29, 0.717) is 48.8 Å². The van der Waals surface area contributed by atoms with Crippen molar-refractivity contribution in [3.8, 4) is 17.6 Å². The van der Waals surface area contributed by atoms with Gasteiger partial charge in [0.1, 0.15) is 13.2 Å². The number of esters is 1. The predicted octanol–water partition coefficient (Wildman–Crippen LogP) is 4.14. The maximum atomic E-state index is 12.6. The Hall–Kier alpha value is -3.96. The smallest absolute Gasteiger partial charge is 0.339 e. The first kappa shape index (κ1) is 24.2. The fraction of sp³-hybridized carbons (Fsp3) is 0.222. The van der Waals surface area contributed by atoms with Gasteiger partial charge in [0.2, 0.25) is 0 Å². The van der Waals surface area contributed by atoms with Gasteiger partial charge < -0.3 is 19.5 Å². The van der Waals surface area contributed by atoms with E-state index in [9.17, 15) is 9.59 Å². The number of carbonyl (C=O) groups excluding carboxylic acids is 2. The standard InChI is InChI=1S/C27H24N2O5S/c28-16-20-5-7-21(8-6-20)18-35-25-4-2-1-3-22(25)27(31)34-17-26(30)29-12-11-19-9-10-23-24(15-19)33-14-13-32-23/h1-10,15H,11-14,17-18H2,(H,29,30). The molecule has 0 fully saturated rings. The molecule has 0 radical (unpaired) electrons. The second kappa shape index (κ2) is 12.0. The predicted molar refractivity (Wildman–Crippen MR) is 132 cm³/mol. The highest BCUT2D eigenvalue weighted by Gasteiger charge is 2.15. The van der Waals surface area contributed by atoms with E-state index in [1.807, 2.05) is 42.5 Å². The topological polar surface area (TPSA) is 97.7 Å². The van der Waals surface area contributed by atoms with Crippen LogP contribution >= 0.6 is 11.8 Å². The van der Waals surface area contributed by atoms with Crippen molar-refractivity contribution in [1.82, 2.24) is 5.32 Å². The summed E-state index contributed by atoms with van der Waals surface area (Å²) in [6.07, 6.45) is 0.616. The number of amides is 1. The van der Waals surface area contributed by atoms with Crippen LogP contribution in [0.5, 0.6) is 11.5 Å². The minimum absolute atomic E-state index is 0.353. The number of rotatable bonds is 9. The molecule has 0 spiro atoms. The van der Waals surface area contributed by atoms with E-state index in [4.69, 9.17) is 19.5 Å². The van der Waals surface area contributed by atoms with Crippen molar-refractivity contribution in [2.75, 3.05) is 26.4 Å². The SMILES string of the molecule is N#Cc1ccc(CSc2ccccc2C(=O)OCC(=O)NCCc2ccc3c(c2)OCCO3)cc1. The minimum Gasteiger partial charge on any atom is -0.486 e. The van der Waals surface area contributed by atoms with Crippen LogP contribution in [0, 0.1) is 11.3 Å². The van der Waals surface area contributed by atoms with Crippen LogP contribution in [0.4, 0.5) is 0 Å². The minimum atomic E-state index is -0.546. The van der Waals surface area contributed by atoms with Crippen molar-refractivity contribution in [1.29, 1.82) is 5.26 Å². The molecule has 0 saturated carbocycles. The fourth-order valence-electron chi connectivity index (χ4n) is 3.45. The maximum absolute atomic E-state index is 12.6. The third kappa shape index (κ3) is 6.78. The first-order chi connectivity index (χ1) is 17.1. The van der Waals surface area contributed by atoms with Gasteiger partial charge in [0.05, 0.1) is 17.2 Å². The molecule has 0 unspecified atom stereocenters. The normalized spacial score (nSPS) is 11.9. The number of hydrogen-bond donors (Lipinski definition) is 1. The van der Waals surface area contributed by atoms with Gasteiger partial charge in [0, 0.05) is 17.2 Å². The highest BCUT2D eigenvalue weighted by molar-refractivity contribution is 7.98. The van der Waals surface area contributed by atoms with Crippen LogP contribution in [0.2, 0.25) is 0 Å². The first-order valence-electron chi connectivity index (χ1n) is 11.2. The number of nitriles is 1. The molecule has 0 atom stereocenters. The molecule has 0 aliphatic carbocycles. The third-order valence-corrected chi connectivity index (χ3v) is 6.41. The van der Waals surface area contributed by atoms with E-state index in [1.54, 1.807) is 24.3 Å². The van der Waals surface area contributed by atoms with E-state index < -0.39 is 5.97 Å². The summed E-state index contributed by atoms with van der Waals surface area (Å²) in [7, 11) is 0. The molecule has 1 amide bonds. The Bertz CT molecular complexity index is 1240. The molecule has 1 heterocycles. The van der Waals surface area contributed by atoms with Crippen molar-refractivity contribution in [3.63, 3.8) is 0 Å². The van der Waals surface area contributed by atoms with Crippen LogP contribution in [0.3, 0.4) is 0 Å². The van der Waals surface area contributed by atoms with E-state index in [1.165, 1.54) is 11.8 Å². The number of nitrogens with one attached hydrogen (secondary N) is 1. The van der Waals surface area contributed by atoms with Gasteiger partial charge >= 0.3 is 5.97 Å². The zero-order chi connectivity index (χ0) is 24.5. The number of carbonyl (C=O) groups is 2. The van der Waals surface area contributed by atoms with E-state index in [2.05, 4.69) is 11.4 Å². The molecule has 8 heteroatoms. The number of thioether (sulfide) groups is 1. The Balaban J connectivity index is 1.23. The van der Waals surface area contributed by atoms with Crippen LogP contribution in [0.15, 0.2) is 71.6 Å². The zero-order valence-corrected chi connectivity index (χ0v) is 19.8. The highest BCUT2D eigenvalue weighted by Crippen LogP contribution is 2.31. The van der Waals surface area contributed by atoms with Crippen molar-refractivity contribution >= 4 is 23.6 Å². The Morgan fingerprint density at radius 1 is 0.971 bits per heavy atom. The molecule has 0 bridgehead atoms. The Morgan fingerprint density at radius 3 is 2.51 bits per heavy atom. The van der Waals surface area contributed by atoms with Crippen LogP contribution in [-0.2, 0) is 21.7 Å². The van der Waals surface area contributed by atoms with Gasteiger partial charge in [-0.3, -0.25) is 4.79 Å². The van der Waals surface area contributed by atoms with Gasteiger partial charge in [0.25, 0.3) is 5.91 Å². The van der Waals surface area contributed by atoms with Crippen molar-refractivity contribution in [3.05, 3.63) is 89.0 Å². The average Bonchev–Trinajstić information content (AvgIpc) is 2.91. The summed E-state index contributed by atoms with van der Waals surface area (Å²) >= 11 is 1.49. The second-order valence-electron chi connectivity index (χ2n) is 7.75. The van der Waals surface area contributed by atoms with Crippen LogP contribution in [0.1, 0.15) is 27.0 Å². The molecule has 35 heavy (non-hydrogen) atoms. The molecule has 7 nitrogen and oxygen atoms in total. The lowest BCUT2D eigenvalue weighted by atomic mass is 10.1. The Kier molecular flexibility index (Phi) is 8.25. The van der Waals surface area contributed by atoms with Gasteiger partial charge in [-0.2, -0.15) is 5.26 Å². The number of hydrogen-bond acceptors (Lipinski definition) is 7. The number of fused-ring (bicyclic) bond motifs is 1. The summed E-state index contributed by atoms with van der Waals surface area (Å²) in [6, 6.07) is 22.3. The molecule has 1 N–H and O–H groups in total. The molecule has 0 saturated heterocycles.